The van der Waals surface area contributed by atoms with Crippen molar-refractivity contribution >= 4 is 42.4 Å². The molecule has 2 heterocycles. The van der Waals surface area contributed by atoms with E-state index in [-0.39, 0.29) is 10.8 Å². The molecule has 4 rings (SSSR count). The molecule has 0 spiro atoms. The van der Waals surface area contributed by atoms with Crippen molar-refractivity contribution in [1.82, 2.24) is 25.2 Å². The molecule has 0 unspecified atom stereocenters. The number of aryl methyl sites for hydroxylation is 1. The number of hydrogen-bond donors (Lipinski definition) is 1. The number of carbonyl (C=O) groups is 1. The van der Waals surface area contributed by atoms with Crippen LogP contribution in [0.3, 0.4) is 0 Å². The van der Waals surface area contributed by atoms with Crippen molar-refractivity contribution in [2.45, 2.75) is 11.8 Å². The largest absolute Gasteiger partial charge is 0.298 e. The number of sulfone groups is 1. The Hall–Kier alpha value is -3.18. The molecule has 11 heteroatoms. The number of anilines is 1. The number of rotatable bonds is 4. The van der Waals surface area contributed by atoms with Gasteiger partial charge in [0.15, 0.2) is 15.0 Å². The van der Waals surface area contributed by atoms with E-state index >= 15 is 0 Å². The highest BCUT2D eigenvalue weighted by molar-refractivity contribution is 7.90. The molecule has 0 bridgehead atoms. The number of nitrogens with zero attached hydrogens (tertiary/aromatic N) is 5. The smallest absolute Gasteiger partial charge is 0.257 e. The lowest BCUT2D eigenvalue weighted by atomic mass is 10.1. The van der Waals surface area contributed by atoms with Crippen LogP contribution in [0.5, 0.6) is 0 Å². The summed E-state index contributed by atoms with van der Waals surface area (Å²) in [6, 6.07) is 9.86. The second-order valence-corrected chi connectivity index (χ2v) is 9.18. The van der Waals surface area contributed by atoms with E-state index in [9.17, 15) is 13.2 Å². The van der Waals surface area contributed by atoms with E-state index in [0.29, 0.717) is 20.9 Å². The molecule has 28 heavy (non-hydrogen) atoms. The van der Waals surface area contributed by atoms with Crippen molar-refractivity contribution in [2.75, 3.05) is 11.6 Å². The highest BCUT2D eigenvalue weighted by Crippen LogP contribution is 2.28. The summed E-state index contributed by atoms with van der Waals surface area (Å²) in [7, 11) is -3.30. The molecule has 0 atom stereocenters. The minimum atomic E-state index is -3.30. The molecular formula is C17H14N6O3S2. The zero-order chi connectivity index (χ0) is 19.9. The number of hydrogen-bond acceptors (Lipinski definition) is 8. The van der Waals surface area contributed by atoms with Gasteiger partial charge in [-0.2, -0.15) is 0 Å². The average molecular weight is 414 g/mol. The van der Waals surface area contributed by atoms with Gasteiger partial charge in [0.05, 0.1) is 20.8 Å². The molecule has 0 fully saturated rings. The van der Waals surface area contributed by atoms with Crippen LogP contribution in [0.2, 0.25) is 0 Å². The zero-order valence-electron chi connectivity index (χ0n) is 14.8. The summed E-state index contributed by atoms with van der Waals surface area (Å²) in [5, 5.41) is 14.2. The molecule has 1 N–H and O–H groups in total. The van der Waals surface area contributed by atoms with Crippen LogP contribution in [0.15, 0.2) is 47.6 Å². The van der Waals surface area contributed by atoms with Crippen molar-refractivity contribution in [2.24, 2.45) is 0 Å². The molecule has 142 valence electrons. The number of nitrogens with one attached hydrogen (secondary N) is 1. The summed E-state index contributed by atoms with van der Waals surface area (Å²) in [5.41, 5.74) is 2.69. The van der Waals surface area contributed by atoms with E-state index < -0.39 is 9.84 Å². The maximum Gasteiger partial charge on any atom is 0.257 e. The van der Waals surface area contributed by atoms with E-state index in [0.717, 1.165) is 17.5 Å². The normalized spacial score (nSPS) is 11.6. The van der Waals surface area contributed by atoms with Gasteiger partial charge in [-0.25, -0.2) is 18.1 Å². The summed E-state index contributed by atoms with van der Waals surface area (Å²) < 4.78 is 25.6. The predicted molar refractivity (Wildman–Crippen MR) is 105 cm³/mol. The molecule has 0 radical (unpaired) electrons. The SMILES string of the molecule is Cc1cc(C(=O)Nc2nc3ccc(S(C)(=O)=O)cc3s2)ccc1-n1cnnn1. The molecule has 1 amide bonds. The first-order valence-corrected chi connectivity index (χ1v) is 10.8. The van der Waals surface area contributed by atoms with Gasteiger partial charge < -0.3 is 0 Å². The van der Waals surface area contributed by atoms with Crippen LogP contribution >= 0.6 is 11.3 Å². The second-order valence-electron chi connectivity index (χ2n) is 6.13. The fourth-order valence-electron chi connectivity index (χ4n) is 2.68. The van der Waals surface area contributed by atoms with Gasteiger partial charge in [-0.1, -0.05) is 11.3 Å². The van der Waals surface area contributed by atoms with Gasteiger partial charge in [-0.3, -0.25) is 10.1 Å². The van der Waals surface area contributed by atoms with Gasteiger partial charge >= 0.3 is 0 Å². The zero-order valence-corrected chi connectivity index (χ0v) is 16.5. The number of tetrazole rings is 1. The van der Waals surface area contributed by atoms with Crippen LogP contribution in [-0.4, -0.2) is 45.8 Å². The van der Waals surface area contributed by atoms with Gasteiger partial charge in [0.25, 0.3) is 5.91 Å². The molecule has 0 saturated carbocycles. The van der Waals surface area contributed by atoms with Crippen molar-refractivity contribution in [3.8, 4) is 5.69 Å². The molecule has 4 aromatic rings. The standard InChI is InChI=1S/C17H14N6O3S2/c1-10-7-11(3-6-14(10)23-9-18-21-22-23)16(24)20-17-19-13-5-4-12(28(2,25)26)8-15(13)27-17/h3-9H,1-2H3,(H,19,20,24). The van der Waals surface area contributed by atoms with E-state index in [1.54, 1.807) is 30.3 Å². The first-order chi connectivity index (χ1) is 13.3. The van der Waals surface area contributed by atoms with Gasteiger partial charge in [0.1, 0.15) is 6.33 Å². The summed E-state index contributed by atoms with van der Waals surface area (Å²) >= 11 is 1.22. The topological polar surface area (TPSA) is 120 Å². The number of aromatic nitrogens is 5. The van der Waals surface area contributed by atoms with Crippen molar-refractivity contribution in [3.05, 3.63) is 53.9 Å². The maximum atomic E-state index is 12.6. The first-order valence-electron chi connectivity index (χ1n) is 8.07. The highest BCUT2D eigenvalue weighted by atomic mass is 32.2. The van der Waals surface area contributed by atoms with Crippen molar-refractivity contribution < 1.29 is 13.2 Å². The Morgan fingerprint density at radius 1 is 1.18 bits per heavy atom. The van der Waals surface area contributed by atoms with Crippen LogP contribution < -0.4 is 5.32 Å². The lowest BCUT2D eigenvalue weighted by Gasteiger charge is -2.07. The third-order valence-corrected chi connectivity index (χ3v) is 6.11. The Morgan fingerprint density at radius 2 is 2.00 bits per heavy atom. The van der Waals surface area contributed by atoms with Crippen molar-refractivity contribution in [3.63, 3.8) is 0 Å². The summed E-state index contributed by atoms with van der Waals surface area (Å²) in [6.45, 7) is 1.86. The highest BCUT2D eigenvalue weighted by Gasteiger charge is 2.14. The van der Waals surface area contributed by atoms with Crippen LogP contribution in [-0.2, 0) is 9.84 Å². The molecule has 0 aliphatic rings. The average Bonchev–Trinajstić information content (AvgIpc) is 3.29. The molecule has 2 aromatic carbocycles. The lowest BCUT2D eigenvalue weighted by molar-refractivity contribution is 0.102. The lowest BCUT2D eigenvalue weighted by Crippen LogP contribution is -2.12. The second kappa shape index (κ2) is 6.77. The third kappa shape index (κ3) is 3.49. The number of amides is 1. The van der Waals surface area contributed by atoms with Crippen LogP contribution in [0.25, 0.3) is 15.9 Å². The number of benzene rings is 2. The summed E-state index contributed by atoms with van der Waals surface area (Å²) in [4.78, 5) is 17.1. The molecule has 2 aromatic heterocycles. The molecule has 0 aliphatic carbocycles. The molecule has 0 saturated heterocycles. The van der Waals surface area contributed by atoms with Crippen LogP contribution in [0.4, 0.5) is 5.13 Å². The van der Waals surface area contributed by atoms with Gasteiger partial charge in [0, 0.05) is 11.8 Å². The third-order valence-electron chi connectivity index (χ3n) is 4.06. The van der Waals surface area contributed by atoms with Gasteiger partial charge in [-0.05, 0) is 59.3 Å². The maximum absolute atomic E-state index is 12.6. The van der Waals surface area contributed by atoms with Crippen LogP contribution in [0.1, 0.15) is 15.9 Å². The van der Waals surface area contributed by atoms with E-state index in [1.807, 2.05) is 6.92 Å². The fraction of sp³-hybridized carbons (Fsp3) is 0.118. The van der Waals surface area contributed by atoms with E-state index in [4.69, 9.17) is 0 Å². The Balaban J connectivity index is 1.59. The monoisotopic (exact) mass is 414 g/mol. The Kier molecular flexibility index (Phi) is 4.40. The van der Waals surface area contributed by atoms with Crippen LogP contribution in [0, 0.1) is 6.92 Å². The molecular weight excluding hydrogens is 400 g/mol. The predicted octanol–water partition coefficient (Wildman–Crippen LogP) is 2.24. The Bertz CT molecular complexity index is 1300. The Labute approximate surface area is 164 Å². The number of carbonyl (C=O) groups excluding carboxylic acids is 1. The van der Waals surface area contributed by atoms with Crippen molar-refractivity contribution in [1.29, 1.82) is 0 Å². The first kappa shape index (κ1) is 18.2. The summed E-state index contributed by atoms with van der Waals surface area (Å²) in [6.07, 6.45) is 2.63. The minimum absolute atomic E-state index is 0.218. The number of fused-ring (bicyclic) bond motifs is 1. The van der Waals surface area contributed by atoms with Gasteiger partial charge in [-0.15, -0.1) is 5.10 Å². The quantitative estimate of drug-likeness (QED) is 0.544. The Morgan fingerprint density at radius 3 is 2.68 bits per heavy atom. The molecule has 0 aliphatic heterocycles. The fourth-order valence-corrected chi connectivity index (χ4v) is 4.31. The van der Waals surface area contributed by atoms with Gasteiger partial charge in [0.2, 0.25) is 0 Å². The number of thiazole rings is 1. The van der Waals surface area contributed by atoms with E-state index in [2.05, 4.69) is 25.8 Å². The van der Waals surface area contributed by atoms with E-state index in [1.165, 1.54) is 28.4 Å². The summed E-state index contributed by atoms with van der Waals surface area (Å²) in [5.74, 6) is -0.311. The minimum Gasteiger partial charge on any atom is -0.298 e. The molecule has 9 nitrogen and oxygen atoms in total.